The van der Waals surface area contributed by atoms with E-state index in [9.17, 15) is 4.79 Å². The lowest BCUT2D eigenvalue weighted by molar-refractivity contribution is 0.0965. The zero-order valence-corrected chi connectivity index (χ0v) is 17.7. The Balaban J connectivity index is 1.47. The number of rotatable bonds is 10. The molecule has 0 heterocycles. The summed E-state index contributed by atoms with van der Waals surface area (Å²) in [5.41, 5.74) is 2.04. The third-order valence-corrected chi connectivity index (χ3v) is 5.87. The molecule has 27 heavy (non-hydrogen) atoms. The maximum absolute atomic E-state index is 12.7. The van der Waals surface area contributed by atoms with Gasteiger partial charge in [0.15, 0.2) is 5.78 Å². The fourth-order valence-corrected chi connectivity index (χ4v) is 3.77. The van der Waals surface area contributed by atoms with Gasteiger partial charge in [-0.2, -0.15) is 0 Å². The maximum atomic E-state index is 12.7. The molecule has 0 radical (unpaired) electrons. The number of carbonyl (C=O) groups is 1. The predicted octanol–water partition coefficient (Wildman–Crippen LogP) is 5.55. The summed E-state index contributed by atoms with van der Waals surface area (Å²) in [6.45, 7) is 8.29. The molecule has 1 saturated carbocycles. The topological polar surface area (TPSA) is 29.5 Å². The van der Waals surface area contributed by atoms with Gasteiger partial charge in [0.05, 0.1) is 6.61 Å². The molecule has 0 N–H and O–H groups in total. The third-order valence-electron chi connectivity index (χ3n) is 5.35. The first-order valence-corrected chi connectivity index (χ1v) is 10.7. The van der Waals surface area contributed by atoms with Crippen molar-refractivity contribution in [2.75, 3.05) is 26.2 Å². The lowest BCUT2D eigenvalue weighted by Crippen LogP contribution is -2.25. The second-order valence-electron chi connectivity index (χ2n) is 7.12. The molecular weight excluding hydrogens is 402 g/mol. The van der Waals surface area contributed by atoms with E-state index in [2.05, 4.69) is 46.8 Å². The molecule has 144 valence electrons. The number of Topliss-reactive ketones (excluding diaryl/α,β-unsaturated/α-hetero) is 1. The highest BCUT2D eigenvalue weighted by atomic mass is 79.9. The SMILES string of the molecule is CCN(CC)CCCOc1ccc(C(=O)[C@@H]2C[C@H]2c2ccc(Br)cc2)cc1. The van der Waals surface area contributed by atoms with Crippen LogP contribution in [0, 0.1) is 5.92 Å². The van der Waals surface area contributed by atoms with E-state index in [4.69, 9.17) is 4.74 Å². The Labute approximate surface area is 170 Å². The number of ketones is 1. The van der Waals surface area contributed by atoms with Crippen molar-refractivity contribution in [3.63, 3.8) is 0 Å². The van der Waals surface area contributed by atoms with Crippen LogP contribution in [-0.4, -0.2) is 36.9 Å². The van der Waals surface area contributed by atoms with Crippen molar-refractivity contribution >= 4 is 21.7 Å². The minimum atomic E-state index is 0.118. The summed E-state index contributed by atoms with van der Waals surface area (Å²) in [6.07, 6.45) is 1.96. The fraction of sp³-hybridized carbons (Fsp3) is 0.435. The molecule has 1 aliphatic rings. The largest absolute Gasteiger partial charge is 0.494 e. The quantitative estimate of drug-likeness (QED) is 0.366. The number of ether oxygens (including phenoxy) is 1. The number of carbonyl (C=O) groups excluding carboxylic acids is 1. The highest BCUT2D eigenvalue weighted by Gasteiger charge is 2.43. The average molecular weight is 430 g/mol. The highest BCUT2D eigenvalue weighted by Crippen LogP contribution is 2.49. The third kappa shape index (κ3) is 5.43. The summed E-state index contributed by atoms with van der Waals surface area (Å²) in [5, 5.41) is 0. The Hall–Kier alpha value is -1.65. The first kappa shape index (κ1) is 20.1. The molecule has 1 fully saturated rings. The summed E-state index contributed by atoms with van der Waals surface area (Å²) in [4.78, 5) is 15.1. The van der Waals surface area contributed by atoms with Crippen molar-refractivity contribution in [2.24, 2.45) is 5.92 Å². The number of hydrogen-bond donors (Lipinski definition) is 0. The van der Waals surface area contributed by atoms with Gasteiger partial charge in [-0.05, 0) is 73.8 Å². The van der Waals surface area contributed by atoms with Gasteiger partial charge < -0.3 is 9.64 Å². The van der Waals surface area contributed by atoms with Crippen LogP contribution in [0.25, 0.3) is 0 Å². The molecule has 2 aromatic carbocycles. The van der Waals surface area contributed by atoms with Gasteiger partial charge >= 0.3 is 0 Å². The van der Waals surface area contributed by atoms with Crippen LogP contribution in [0.2, 0.25) is 0 Å². The molecule has 3 nitrogen and oxygen atoms in total. The molecule has 0 amide bonds. The van der Waals surface area contributed by atoms with Crippen molar-refractivity contribution < 1.29 is 9.53 Å². The molecule has 0 unspecified atom stereocenters. The average Bonchev–Trinajstić information content (AvgIpc) is 3.49. The molecule has 2 atom stereocenters. The Morgan fingerprint density at radius 1 is 1.07 bits per heavy atom. The van der Waals surface area contributed by atoms with Crippen LogP contribution in [0.1, 0.15) is 48.5 Å². The Bertz CT molecular complexity index is 738. The van der Waals surface area contributed by atoms with Gasteiger partial charge in [0, 0.05) is 22.5 Å². The van der Waals surface area contributed by atoms with Gasteiger partial charge in [-0.15, -0.1) is 0 Å². The Morgan fingerprint density at radius 3 is 2.37 bits per heavy atom. The molecule has 0 aromatic heterocycles. The zero-order valence-electron chi connectivity index (χ0n) is 16.2. The monoisotopic (exact) mass is 429 g/mol. The first-order chi connectivity index (χ1) is 13.1. The first-order valence-electron chi connectivity index (χ1n) is 9.87. The van der Waals surface area contributed by atoms with Crippen LogP contribution in [0.5, 0.6) is 5.75 Å². The molecule has 0 spiro atoms. The molecule has 0 bridgehead atoms. The van der Waals surface area contributed by atoms with Crippen LogP contribution in [0.3, 0.4) is 0 Å². The molecule has 0 aliphatic heterocycles. The molecular formula is C23H28BrNO2. The van der Waals surface area contributed by atoms with Gasteiger partial charge in [-0.3, -0.25) is 4.79 Å². The zero-order chi connectivity index (χ0) is 19.2. The smallest absolute Gasteiger partial charge is 0.166 e. The lowest BCUT2D eigenvalue weighted by Gasteiger charge is -2.17. The standard InChI is InChI=1S/C23H28BrNO2/c1-3-25(4-2)14-5-15-27-20-12-8-18(9-13-20)23(26)22-16-21(22)17-6-10-19(24)11-7-17/h6-13,21-22H,3-5,14-16H2,1-2H3/t21-,22+/m0/s1. The van der Waals surface area contributed by atoms with E-state index in [1.165, 1.54) is 5.56 Å². The van der Waals surface area contributed by atoms with Crippen molar-refractivity contribution in [2.45, 2.75) is 32.6 Å². The fourth-order valence-electron chi connectivity index (χ4n) is 3.51. The van der Waals surface area contributed by atoms with Crippen LogP contribution >= 0.6 is 15.9 Å². The number of nitrogens with zero attached hydrogens (tertiary/aromatic N) is 1. The molecule has 2 aromatic rings. The van der Waals surface area contributed by atoms with Crippen LogP contribution in [0.15, 0.2) is 53.0 Å². The number of halogens is 1. The van der Waals surface area contributed by atoms with E-state index in [0.717, 1.165) is 48.3 Å². The van der Waals surface area contributed by atoms with E-state index < -0.39 is 0 Å². The maximum Gasteiger partial charge on any atom is 0.166 e. The van der Waals surface area contributed by atoms with Crippen molar-refractivity contribution in [1.82, 2.24) is 4.90 Å². The molecule has 1 aliphatic carbocycles. The van der Waals surface area contributed by atoms with Crippen LogP contribution in [-0.2, 0) is 0 Å². The van der Waals surface area contributed by atoms with E-state index in [0.29, 0.717) is 12.5 Å². The molecule has 0 saturated heterocycles. The van der Waals surface area contributed by atoms with Gasteiger partial charge in [0.2, 0.25) is 0 Å². The van der Waals surface area contributed by atoms with Gasteiger partial charge in [0.25, 0.3) is 0 Å². The van der Waals surface area contributed by atoms with Gasteiger partial charge in [0.1, 0.15) is 5.75 Å². The second kappa shape index (κ2) is 9.52. The summed E-state index contributed by atoms with van der Waals surface area (Å²) in [7, 11) is 0. The second-order valence-corrected chi connectivity index (χ2v) is 8.03. The van der Waals surface area contributed by atoms with Crippen molar-refractivity contribution in [3.8, 4) is 5.75 Å². The summed E-state index contributed by atoms with van der Waals surface area (Å²) >= 11 is 3.46. The number of hydrogen-bond acceptors (Lipinski definition) is 3. The molecule has 4 heteroatoms. The lowest BCUT2D eigenvalue weighted by atomic mass is 10.0. The van der Waals surface area contributed by atoms with Crippen molar-refractivity contribution in [3.05, 3.63) is 64.1 Å². The number of benzene rings is 2. The minimum Gasteiger partial charge on any atom is -0.494 e. The van der Waals surface area contributed by atoms with Crippen LogP contribution < -0.4 is 4.74 Å². The predicted molar refractivity (Wildman–Crippen MR) is 114 cm³/mol. The van der Waals surface area contributed by atoms with Gasteiger partial charge in [-0.1, -0.05) is 41.9 Å². The summed E-state index contributed by atoms with van der Waals surface area (Å²) in [5.74, 6) is 1.57. The van der Waals surface area contributed by atoms with Gasteiger partial charge in [-0.25, -0.2) is 0 Å². The summed E-state index contributed by atoms with van der Waals surface area (Å²) in [6, 6.07) is 15.9. The van der Waals surface area contributed by atoms with E-state index >= 15 is 0 Å². The normalized spacial score (nSPS) is 18.5. The Morgan fingerprint density at radius 2 is 1.74 bits per heavy atom. The van der Waals surface area contributed by atoms with Crippen molar-refractivity contribution in [1.29, 1.82) is 0 Å². The Kier molecular flexibility index (Phi) is 7.08. The van der Waals surface area contributed by atoms with E-state index in [1.807, 2.05) is 36.4 Å². The van der Waals surface area contributed by atoms with E-state index in [-0.39, 0.29) is 11.7 Å². The van der Waals surface area contributed by atoms with Crippen LogP contribution in [0.4, 0.5) is 0 Å². The minimum absolute atomic E-state index is 0.118. The highest BCUT2D eigenvalue weighted by molar-refractivity contribution is 9.10. The molecule has 3 rings (SSSR count). The van der Waals surface area contributed by atoms with E-state index in [1.54, 1.807) is 0 Å². The summed E-state index contributed by atoms with van der Waals surface area (Å²) < 4.78 is 6.89.